The van der Waals surface area contributed by atoms with Crippen LogP contribution in [-0.4, -0.2) is 54.5 Å². The van der Waals surface area contributed by atoms with Crippen LogP contribution in [0.2, 0.25) is 0 Å². The summed E-state index contributed by atoms with van der Waals surface area (Å²) in [6.07, 6.45) is 2.29. The summed E-state index contributed by atoms with van der Waals surface area (Å²) in [7, 11) is 0. The van der Waals surface area contributed by atoms with Gasteiger partial charge in [-0.2, -0.15) is 0 Å². The maximum absolute atomic E-state index is 10.7. The number of hydrogen-bond acceptors (Lipinski definition) is 5. The van der Waals surface area contributed by atoms with E-state index in [2.05, 4.69) is 29.2 Å². The molecule has 158 valence electrons. The van der Waals surface area contributed by atoms with Gasteiger partial charge in [0, 0.05) is 32.3 Å². The molecule has 1 heterocycles. The molecule has 2 aromatic carbocycles. The first-order valence-electron chi connectivity index (χ1n) is 10.6. The van der Waals surface area contributed by atoms with Crippen LogP contribution < -0.4 is 5.73 Å². The lowest BCUT2D eigenvalue weighted by molar-refractivity contribution is -0.0548. The largest absolute Gasteiger partial charge is 0.388 e. The molecule has 0 spiro atoms. The molecule has 1 fully saturated rings. The van der Waals surface area contributed by atoms with E-state index in [1.165, 1.54) is 11.1 Å². The van der Waals surface area contributed by atoms with Gasteiger partial charge in [-0.3, -0.25) is 4.90 Å². The maximum atomic E-state index is 10.7. The molecule has 2 atom stereocenters. The number of hydrogen-bond donors (Lipinski definition) is 2. The van der Waals surface area contributed by atoms with Crippen LogP contribution >= 0.6 is 0 Å². The average molecular weight is 399 g/mol. The molecular formula is C24H34N2O3. The molecule has 3 N–H and O–H groups in total. The van der Waals surface area contributed by atoms with Crippen molar-refractivity contribution in [2.24, 2.45) is 5.73 Å². The van der Waals surface area contributed by atoms with Gasteiger partial charge in [-0.05, 0) is 30.4 Å². The minimum absolute atomic E-state index is 0.258. The monoisotopic (exact) mass is 398 g/mol. The Balaban J connectivity index is 1.43. The van der Waals surface area contributed by atoms with Gasteiger partial charge in [0.05, 0.1) is 25.4 Å². The van der Waals surface area contributed by atoms with Crippen LogP contribution in [0.15, 0.2) is 60.7 Å². The van der Waals surface area contributed by atoms with Crippen LogP contribution in [0.4, 0.5) is 0 Å². The first-order valence-corrected chi connectivity index (χ1v) is 10.6. The van der Waals surface area contributed by atoms with Gasteiger partial charge in [-0.25, -0.2) is 0 Å². The van der Waals surface area contributed by atoms with Crippen molar-refractivity contribution in [1.82, 2.24) is 4.90 Å². The molecule has 5 nitrogen and oxygen atoms in total. The summed E-state index contributed by atoms with van der Waals surface area (Å²) < 4.78 is 11.8. The standard InChI is InChI=1S/C24H34N2O3/c25-20-24(27)12-13-26(14-16-29-19-22-9-5-2-6-10-22)23(17-24)11-15-28-18-21-7-3-1-4-8-21/h1-10,23,27H,11-20,25H2. The SMILES string of the molecule is NCC1(O)CCN(CCOCc2ccccc2)C(CCOCc2ccccc2)C1. The van der Waals surface area contributed by atoms with E-state index < -0.39 is 5.60 Å². The lowest BCUT2D eigenvalue weighted by Crippen LogP contribution is -2.54. The highest BCUT2D eigenvalue weighted by Gasteiger charge is 2.36. The van der Waals surface area contributed by atoms with Crippen molar-refractivity contribution < 1.29 is 14.6 Å². The summed E-state index contributed by atoms with van der Waals surface area (Å²) in [6, 6.07) is 20.7. The van der Waals surface area contributed by atoms with Crippen molar-refractivity contribution in [2.75, 3.05) is 32.8 Å². The third-order valence-electron chi connectivity index (χ3n) is 5.72. The fraction of sp³-hybridized carbons (Fsp3) is 0.500. The van der Waals surface area contributed by atoms with Crippen molar-refractivity contribution in [2.45, 2.75) is 44.1 Å². The summed E-state index contributed by atoms with van der Waals surface area (Å²) in [5.74, 6) is 0. The van der Waals surface area contributed by atoms with Gasteiger partial charge in [-0.1, -0.05) is 60.7 Å². The Labute approximate surface area is 174 Å². The Hall–Kier alpha value is -1.76. The summed E-state index contributed by atoms with van der Waals surface area (Å²) in [4.78, 5) is 2.42. The summed E-state index contributed by atoms with van der Waals surface area (Å²) in [5.41, 5.74) is 7.45. The lowest BCUT2D eigenvalue weighted by Gasteiger charge is -2.43. The zero-order chi connectivity index (χ0) is 20.4. The topological polar surface area (TPSA) is 68.0 Å². The Morgan fingerprint density at radius 2 is 1.52 bits per heavy atom. The van der Waals surface area contributed by atoms with Crippen LogP contribution in [0, 0.1) is 0 Å². The van der Waals surface area contributed by atoms with Crippen molar-refractivity contribution in [3.63, 3.8) is 0 Å². The Bertz CT molecular complexity index is 698. The van der Waals surface area contributed by atoms with Crippen LogP contribution in [0.25, 0.3) is 0 Å². The third-order valence-corrected chi connectivity index (χ3v) is 5.72. The van der Waals surface area contributed by atoms with Crippen molar-refractivity contribution in [1.29, 1.82) is 0 Å². The number of benzene rings is 2. The fourth-order valence-corrected chi connectivity index (χ4v) is 3.90. The number of aliphatic hydroxyl groups is 1. The van der Waals surface area contributed by atoms with E-state index in [4.69, 9.17) is 15.2 Å². The van der Waals surface area contributed by atoms with E-state index in [0.717, 1.165) is 19.5 Å². The molecule has 5 heteroatoms. The number of likely N-dealkylation sites (tertiary alicyclic amines) is 1. The highest BCUT2D eigenvalue weighted by molar-refractivity contribution is 5.14. The maximum Gasteiger partial charge on any atom is 0.0796 e. The van der Waals surface area contributed by atoms with Gasteiger partial charge in [0.2, 0.25) is 0 Å². The number of piperidine rings is 1. The van der Waals surface area contributed by atoms with Crippen molar-refractivity contribution in [3.05, 3.63) is 71.8 Å². The van der Waals surface area contributed by atoms with Crippen molar-refractivity contribution in [3.8, 4) is 0 Å². The predicted octanol–water partition coefficient (Wildman–Crippen LogP) is 2.96. The first-order chi connectivity index (χ1) is 14.2. The average Bonchev–Trinajstić information content (AvgIpc) is 2.77. The molecule has 0 radical (unpaired) electrons. The molecule has 29 heavy (non-hydrogen) atoms. The summed E-state index contributed by atoms with van der Waals surface area (Å²) in [6.45, 7) is 4.61. The van der Waals surface area contributed by atoms with E-state index >= 15 is 0 Å². The van der Waals surface area contributed by atoms with Gasteiger partial charge in [0.25, 0.3) is 0 Å². The minimum atomic E-state index is -0.758. The molecule has 0 aliphatic carbocycles. The van der Waals surface area contributed by atoms with E-state index in [0.29, 0.717) is 45.8 Å². The fourth-order valence-electron chi connectivity index (χ4n) is 3.90. The molecule has 2 aromatic rings. The highest BCUT2D eigenvalue weighted by atomic mass is 16.5. The summed E-state index contributed by atoms with van der Waals surface area (Å²) in [5, 5.41) is 10.7. The molecule has 0 aromatic heterocycles. The van der Waals surface area contributed by atoms with Crippen LogP contribution in [0.1, 0.15) is 30.4 Å². The van der Waals surface area contributed by atoms with Crippen LogP contribution in [0.3, 0.4) is 0 Å². The smallest absolute Gasteiger partial charge is 0.0796 e. The minimum Gasteiger partial charge on any atom is -0.388 e. The molecule has 0 saturated carbocycles. The Morgan fingerprint density at radius 1 is 0.931 bits per heavy atom. The van der Waals surface area contributed by atoms with Gasteiger partial charge in [0.1, 0.15) is 0 Å². The van der Waals surface area contributed by atoms with E-state index in [1.807, 2.05) is 36.4 Å². The van der Waals surface area contributed by atoms with Crippen LogP contribution in [0.5, 0.6) is 0 Å². The second kappa shape index (κ2) is 11.4. The zero-order valence-corrected chi connectivity index (χ0v) is 17.2. The quantitative estimate of drug-likeness (QED) is 0.570. The van der Waals surface area contributed by atoms with Gasteiger partial charge in [0.15, 0.2) is 0 Å². The number of nitrogens with zero attached hydrogens (tertiary/aromatic N) is 1. The zero-order valence-electron chi connectivity index (χ0n) is 17.2. The van der Waals surface area contributed by atoms with Crippen molar-refractivity contribution >= 4 is 0 Å². The Morgan fingerprint density at radius 3 is 2.10 bits per heavy atom. The van der Waals surface area contributed by atoms with Gasteiger partial charge in [-0.15, -0.1) is 0 Å². The molecular weight excluding hydrogens is 364 g/mol. The molecule has 1 aliphatic rings. The number of rotatable bonds is 11. The molecule has 2 unspecified atom stereocenters. The molecule has 3 rings (SSSR count). The number of ether oxygens (including phenoxy) is 2. The van der Waals surface area contributed by atoms with E-state index in [9.17, 15) is 5.11 Å². The molecule has 1 aliphatic heterocycles. The van der Waals surface area contributed by atoms with E-state index in [1.54, 1.807) is 0 Å². The third kappa shape index (κ3) is 7.21. The molecule has 0 amide bonds. The highest BCUT2D eigenvalue weighted by Crippen LogP contribution is 2.28. The second-order valence-electron chi connectivity index (χ2n) is 7.94. The van der Waals surface area contributed by atoms with Gasteiger partial charge >= 0.3 is 0 Å². The molecule has 1 saturated heterocycles. The predicted molar refractivity (Wildman–Crippen MR) is 115 cm³/mol. The second-order valence-corrected chi connectivity index (χ2v) is 7.94. The molecule has 0 bridgehead atoms. The van der Waals surface area contributed by atoms with E-state index in [-0.39, 0.29) is 6.04 Å². The normalized spacial score (nSPS) is 22.6. The number of nitrogens with two attached hydrogens (primary N) is 1. The first kappa shape index (κ1) is 21.9. The van der Waals surface area contributed by atoms with Gasteiger partial charge < -0.3 is 20.3 Å². The van der Waals surface area contributed by atoms with Crippen LogP contribution in [-0.2, 0) is 22.7 Å². The lowest BCUT2D eigenvalue weighted by atomic mass is 9.85. The summed E-state index contributed by atoms with van der Waals surface area (Å²) >= 11 is 0. The Kier molecular flexibility index (Phi) is 8.65.